The number of nitro groups is 1. The number of benzene rings is 2. The van der Waals surface area contributed by atoms with Crippen LogP contribution in [0.25, 0.3) is 6.08 Å². The van der Waals surface area contributed by atoms with E-state index in [4.69, 9.17) is 0 Å². The summed E-state index contributed by atoms with van der Waals surface area (Å²) < 4.78 is 32.9. The van der Waals surface area contributed by atoms with Gasteiger partial charge in [0, 0.05) is 23.3 Å². The number of allylic oxidation sites excluding steroid dienone is 1. The summed E-state index contributed by atoms with van der Waals surface area (Å²) in [4.78, 5) is 9.82. The van der Waals surface area contributed by atoms with Gasteiger partial charge in [-0.1, -0.05) is 12.2 Å². The Hall–Kier alpha value is -3.11. The van der Waals surface area contributed by atoms with Crippen LogP contribution in [0.1, 0.15) is 17.5 Å². The van der Waals surface area contributed by atoms with Crippen LogP contribution in [-0.2, 0) is 16.5 Å². The molecule has 0 bridgehead atoms. The van der Waals surface area contributed by atoms with Crippen LogP contribution in [0.2, 0.25) is 0 Å². The van der Waals surface area contributed by atoms with Gasteiger partial charge in [0.05, 0.1) is 16.3 Å². The third kappa shape index (κ3) is 3.19. The smallest absolute Gasteiger partial charge is 0.295 e. The lowest BCUT2D eigenvalue weighted by molar-refractivity contribution is -0.384. The van der Waals surface area contributed by atoms with Crippen LogP contribution < -0.4 is 5.32 Å². The van der Waals surface area contributed by atoms with Crippen LogP contribution in [-0.4, -0.2) is 28.1 Å². The summed E-state index contributed by atoms with van der Waals surface area (Å²) in [5.41, 5.74) is -0.00893. The molecule has 0 saturated carbocycles. The van der Waals surface area contributed by atoms with E-state index < -0.39 is 19.9 Å². The Kier molecular flexibility index (Phi) is 4.30. The Morgan fingerprint density at radius 1 is 1.15 bits per heavy atom. The van der Waals surface area contributed by atoms with Crippen molar-refractivity contribution >= 4 is 33.3 Å². The molecule has 2 aromatic rings. The van der Waals surface area contributed by atoms with Crippen LogP contribution in [0, 0.1) is 10.1 Å². The maximum atomic E-state index is 11.7. The van der Waals surface area contributed by atoms with E-state index in [1.807, 2.05) is 0 Å². The van der Waals surface area contributed by atoms with Crippen LogP contribution in [0.15, 0.2) is 35.2 Å². The van der Waals surface area contributed by atoms with Crippen molar-refractivity contribution in [2.75, 3.05) is 5.32 Å². The Labute approximate surface area is 148 Å². The highest BCUT2D eigenvalue weighted by Crippen LogP contribution is 2.41. The third-order valence-electron chi connectivity index (χ3n) is 3.99. The lowest BCUT2D eigenvalue weighted by Crippen LogP contribution is -2.08. The van der Waals surface area contributed by atoms with Gasteiger partial charge in [0.15, 0.2) is 0 Å². The van der Waals surface area contributed by atoms with Crippen LogP contribution >= 0.6 is 0 Å². The van der Waals surface area contributed by atoms with Gasteiger partial charge in [-0.3, -0.25) is 14.7 Å². The van der Waals surface area contributed by atoms with Gasteiger partial charge in [-0.15, -0.1) is 0 Å². The second kappa shape index (κ2) is 6.32. The molecule has 0 atom stereocenters. The number of nitrogens with zero attached hydrogens (tertiary/aromatic N) is 1. The fraction of sp³-hybridized carbons (Fsp3) is 0.125. The first-order valence-electron chi connectivity index (χ1n) is 7.46. The lowest BCUT2D eigenvalue weighted by Gasteiger charge is -2.19. The van der Waals surface area contributed by atoms with E-state index in [1.165, 1.54) is 6.08 Å². The van der Waals surface area contributed by atoms with Gasteiger partial charge in [0.25, 0.3) is 15.8 Å². The minimum Gasteiger partial charge on any atom is -0.506 e. The molecule has 0 saturated heterocycles. The predicted molar refractivity (Wildman–Crippen MR) is 93.3 cm³/mol. The van der Waals surface area contributed by atoms with E-state index in [-0.39, 0.29) is 34.1 Å². The van der Waals surface area contributed by atoms with E-state index in [0.29, 0.717) is 18.4 Å². The molecule has 0 aromatic heterocycles. The van der Waals surface area contributed by atoms with Gasteiger partial charge in [0.1, 0.15) is 16.4 Å². The van der Waals surface area contributed by atoms with E-state index in [2.05, 4.69) is 5.32 Å². The van der Waals surface area contributed by atoms with Gasteiger partial charge < -0.3 is 15.5 Å². The Balaban J connectivity index is 2.17. The SMILES string of the molecule is O=[N+]([O-])c1ccc(O)c(Nc2cc(S(=O)(=O)O)c3c(c2O)CCC=C3)c1. The van der Waals surface area contributed by atoms with Crippen molar-refractivity contribution < 1.29 is 28.1 Å². The molecule has 0 amide bonds. The highest BCUT2D eigenvalue weighted by molar-refractivity contribution is 7.86. The molecule has 0 fully saturated rings. The number of hydrogen-bond acceptors (Lipinski definition) is 7. The number of hydrogen-bond donors (Lipinski definition) is 4. The molecule has 0 unspecified atom stereocenters. The van der Waals surface area contributed by atoms with Gasteiger partial charge in [-0.25, -0.2) is 0 Å². The van der Waals surface area contributed by atoms with E-state index >= 15 is 0 Å². The lowest BCUT2D eigenvalue weighted by atomic mass is 9.95. The second-order valence-electron chi connectivity index (χ2n) is 5.66. The molecule has 0 radical (unpaired) electrons. The molecule has 136 valence electrons. The van der Waals surface area contributed by atoms with Crippen molar-refractivity contribution in [2.24, 2.45) is 0 Å². The van der Waals surface area contributed by atoms with Crippen molar-refractivity contribution in [3.63, 3.8) is 0 Å². The first kappa shape index (κ1) is 17.7. The van der Waals surface area contributed by atoms with Gasteiger partial charge in [-0.05, 0) is 25.0 Å². The molecule has 26 heavy (non-hydrogen) atoms. The fourth-order valence-corrected chi connectivity index (χ4v) is 3.51. The largest absolute Gasteiger partial charge is 0.506 e. The number of rotatable bonds is 4. The van der Waals surface area contributed by atoms with E-state index in [9.17, 15) is 33.3 Å². The minimum absolute atomic E-state index is 0.0953. The molecule has 0 aliphatic heterocycles. The number of nitro benzene ring substituents is 1. The molecule has 10 heteroatoms. The molecular formula is C16H14N2O7S. The van der Waals surface area contributed by atoms with Gasteiger partial charge in [0.2, 0.25) is 0 Å². The van der Waals surface area contributed by atoms with Gasteiger partial charge >= 0.3 is 0 Å². The molecule has 0 spiro atoms. The van der Waals surface area contributed by atoms with Crippen LogP contribution in [0.4, 0.5) is 17.1 Å². The molecule has 1 aliphatic rings. The second-order valence-corrected chi connectivity index (χ2v) is 7.05. The molecule has 0 heterocycles. The standard InChI is InChI=1S/C16H14N2O7S/c19-14-6-5-9(18(21)22)7-12(14)17-13-8-15(26(23,24)25)10-3-1-2-4-11(10)16(13)20/h1,3,5-8,17,19-20H,2,4H2,(H,23,24,25). The summed E-state index contributed by atoms with van der Waals surface area (Å²) in [7, 11) is -4.58. The number of anilines is 2. The summed E-state index contributed by atoms with van der Waals surface area (Å²) >= 11 is 0. The van der Waals surface area contributed by atoms with Crippen molar-refractivity contribution in [3.8, 4) is 11.5 Å². The number of aromatic hydroxyl groups is 2. The molecule has 2 aromatic carbocycles. The molecule has 4 N–H and O–H groups in total. The zero-order valence-electron chi connectivity index (χ0n) is 13.2. The van der Waals surface area contributed by atoms with Crippen molar-refractivity contribution in [1.29, 1.82) is 0 Å². The average Bonchev–Trinajstić information content (AvgIpc) is 2.58. The number of nitrogens with one attached hydrogen (secondary N) is 1. The van der Waals surface area contributed by atoms with Crippen molar-refractivity contribution in [2.45, 2.75) is 17.7 Å². The molecule has 3 rings (SSSR count). The molecule has 9 nitrogen and oxygen atoms in total. The molecular weight excluding hydrogens is 364 g/mol. The van der Waals surface area contributed by atoms with Crippen LogP contribution in [0.3, 0.4) is 0 Å². The quantitative estimate of drug-likeness (QED) is 0.274. The Morgan fingerprint density at radius 2 is 1.88 bits per heavy atom. The van der Waals surface area contributed by atoms with Crippen molar-refractivity contribution in [3.05, 3.63) is 51.6 Å². The highest BCUT2D eigenvalue weighted by Gasteiger charge is 2.24. The predicted octanol–water partition coefficient (Wildman–Crippen LogP) is 2.96. The number of non-ortho nitro benzene ring substituents is 1. The Morgan fingerprint density at radius 3 is 2.54 bits per heavy atom. The minimum atomic E-state index is -4.58. The first-order valence-corrected chi connectivity index (χ1v) is 8.90. The maximum Gasteiger partial charge on any atom is 0.295 e. The average molecular weight is 378 g/mol. The zero-order chi connectivity index (χ0) is 19.1. The highest BCUT2D eigenvalue weighted by atomic mass is 32.2. The summed E-state index contributed by atoms with van der Waals surface area (Å²) in [6.07, 6.45) is 4.12. The van der Waals surface area contributed by atoms with Gasteiger partial charge in [-0.2, -0.15) is 8.42 Å². The first-order chi connectivity index (χ1) is 12.2. The number of fused-ring (bicyclic) bond motifs is 1. The third-order valence-corrected chi connectivity index (χ3v) is 4.88. The number of phenolic OH excluding ortho intramolecular Hbond substituents is 2. The monoisotopic (exact) mass is 378 g/mol. The Bertz CT molecular complexity index is 1050. The summed E-state index contributed by atoms with van der Waals surface area (Å²) in [6, 6.07) is 4.25. The topological polar surface area (TPSA) is 150 Å². The molecule has 1 aliphatic carbocycles. The normalized spacial score (nSPS) is 13.3. The maximum absolute atomic E-state index is 11.7. The summed E-state index contributed by atoms with van der Waals surface area (Å²) in [5.74, 6) is -0.594. The summed E-state index contributed by atoms with van der Waals surface area (Å²) in [5, 5.41) is 33.8. The fourth-order valence-electron chi connectivity index (χ4n) is 2.77. The summed E-state index contributed by atoms with van der Waals surface area (Å²) in [6.45, 7) is 0. The van der Waals surface area contributed by atoms with E-state index in [0.717, 1.165) is 24.3 Å². The number of phenols is 2. The van der Waals surface area contributed by atoms with Crippen LogP contribution in [0.5, 0.6) is 11.5 Å². The zero-order valence-corrected chi connectivity index (χ0v) is 14.0. The van der Waals surface area contributed by atoms with Crippen molar-refractivity contribution in [1.82, 2.24) is 0 Å². The van der Waals surface area contributed by atoms with E-state index in [1.54, 1.807) is 6.08 Å².